The van der Waals surface area contributed by atoms with Gasteiger partial charge in [0.25, 0.3) is 0 Å². The quantitative estimate of drug-likeness (QED) is 0.783. The van der Waals surface area contributed by atoms with Gasteiger partial charge in [0.15, 0.2) is 0 Å². The lowest BCUT2D eigenvalue weighted by atomic mass is 10.2. The lowest BCUT2D eigenvalue weighted by molar-refractivity contribution is -0.125. The molecular weight excluding hydrogens is 375 g/mol. The number of hydrogen-bond donors (Lipinski definition) is 2. The van der Waals surface area contributed by atoms with Crippen LogP contribution in [-0.4, -0.2) is 18.9 Å². The summed E-state index contributed by atoms with van der Waals surface area (Å²) >= 11 is 12.1. The van der Waals surface area contributed by atoms with Crippen LogP contribution in [0.1, 0.15) is 12.0 Å². The van der Waals surface area contributed by atoms with Gasteiger partial charge < -0.3 is 15.4 Å². The van der Waals surface area contributed by atoms with E-state index in [0.717, 1.165) is 11.3 Å². The van der Waals surface area contributed by atoms with E-state index in [-0.39, 0.29) is 23.7 Å². The highest BCUT2D eigenvalue weighted by Gasteiger charge is 2.48. The Balaban J connectivity index is 1.51. The highest BCUT2D eigenvalue weighted by Crippen LogP contribution is 2.40. The number of carbonyl (C=O) groups excluding carboxylic acids is 2. The smallest absolute Gasteiger partial charge is 0.228 e. The van der Waals surface area contributed by atoms with E-state index in [4.69, 9.17) is 27.9 Å². The number of benzene rings is 2. The van der Waals surface area contributed by atoms with Gasteiger partial charge in [-0.2, -0.15) is 0 Å². The first-order valence-electron chi connectivity index (χ1n) is 8.15. The number of halogens is 2. The maximum atomic E-state index is 12.3. The Bertz CT molecular complexity index is 804. The summed E-state index contributed by atoms with van der Waals surface area (Å²) in [5.41, 5.74) is 1.34. The molecule has 2 aromatic carbocycles. The number of amides is 2. The van der Waals surface area contributed by atoms with Crippen molar-refractivity contribution in [2.75, 3.05) is 12.4 Å². The van der Waals surface area contributed by atoms with Crippen molar-refractivity contribution < 1.29 is 14.3 Å². The van der Waals surface area contributed by atoms with Gasteiger partial charge in [0.1, 0.15) is 5.75 Å². The molecule has 0 saturated heterocycles. The summed E-state index contributed by atoms with van der Waals surface area (Å²) in [6, 6.07) is 12.4. The molecule has 7 heteroatoms. The molecule has 2 amide bonds. The second-order valence-corrected chi connectivity index (χ2v) is 6.91. The third kappa shape index (κ3) is 4.29. The van der Waals surface area contributed by atoms with E-state index in [1.165, 1.54) is 0 Å². The largest absolute Gasteiger partial charge is 0.497 e. The molecule has 1 aliphatic rings. The number of ether oxygens (including phenoxy) is 1. The summed E-state index contributed by atoms with van der Waals surface area (Å²) in [4.78, 5) is 24.6. The normalized spacial score (nSPS) is 18.1. The number of anilines is 1. The summed E-state index contributed by atoms with van der Waals surface area (Å²) < 4.78 is 5.10. The van der Waals surface area contributed by atoms with Crippen LogP contribution < -0.4 is 15.4 Å². The Labute approximate surface area is 161 Å². The fraction of sp³-hybridized carbons (Fsp3) is 0.263. The summed E-state index contributed by atoms with van der Waals surface area (Å²) in [5.74, 6) is -0.305. The molecule has 26 heavy (non-hydrogen) atoms. The molecule has 1 saturated carbocycles. The van der Waals surface area contributed by atoms with Gasteiger partial charge in [-0.15, -0.1) is 0 Å². The minimum atomic E-state index is -0.363. The average Bonchev–Trinajstić information content (AvgIpc) is 3.44. The zero-order valence-electron chi connectivity index (χ0n) is 14.1. The van der Waals surface area contributed by atoms with Crippen LogP contribution in [0.5, 0.6) is 5.75 Å². The van der Waals surface area contributed by atoms with Gasteiger partial charge in [0, 0.05) is 6.54 Å². The zero-order valence-corrected chi connectivity index (χ0v) is 15.6. The van der Waals surface area contributed by atoms with Crippen molar-refractivity contribution in [3.05, 3.63) is 58.1 Å². The van der Waals surface area contributed by atoms with E-state index in [1.807, 2.05) is 24.3 Å². The van der Waals surface area contributed by atoms with Crippen molar-refractivity contribution in [1.82, 2.24) is 5.32 Å². The molecule has 1 aliphatic carbocycles. The Morgan fingerprint density at radius 3 is 2.27 bits per heavy atom. The maximum Gasteiger partial charge on any atom is 0.228 e. The Kier molecular flexibility index (Phi) is 5.69. The molecule has 0 radical (unpaired) electrons. The van der Waals surface area contributed by atoms with E-state index in [0.29, 0.717) is 28.7 Å². The predicted molar refractivity (Wildman–Crippen MR) is 102 cm³/mol. The summed E-state index contributed by atoms with van der Waals surface area (Å²) in [7, 11) is 1.60. The van der Waals surface area contributed by atoms with Crippen LogP contribution in [0.25, 0.3) is 0 Å². The predicted octanol–water partition coefficient (Wildman–Crippen LogP) is 3.89. The first-order chi connectivity index (χ1) is 12.5. The van der Waals surface area contributed by atoms with E-state index < -0.39 is 0 Å². The van der Waals surface area contributed by atoms with Crippen molar-refractivity contribution in [2.45, 2.75) is 13.0 Å². The molecule has 1 fully saturated rings. The van der Waals surface area contributed by atoms with Crippen molar-refractivity contribution in [2.24, 2.45) is 11.8 Å². The summed E-state index contributed by atoms with van der Waals surface area (Å²) in [6.07, 6.45) is 0.516. The molecule has 0 bridgehead atoms. The average molecular weight is 393 g/mol. The molecule has 2 atom stereocenters. The van der Waals surface area contributed by atoms with Gasteiger partial charge in [-0.3, -0.25) is 9.59 Å². The van der Waals surface area contributed by atoms with Gasteiger partial charge in [-0.1, -0.05) is 41.4 Å². The number of para-hydroxylation sites is 1. The maximum absolute atomic E-state index is 12.3. The third-order valence-electron chi connectivity index (χ3n) is 4.30. The molecule has 2 N–H and O–H groups in total. The molecule has 2 unspecified atom stereocenters. The van der Waals surface area contributed by atoms with Gasteiger partial charge in [0.05, 0.1) is 34.7 Å². The van der Waals surface area contributed by atoms with Crippen molar-refractivity contribution >= 4 is 40.7 Å². The van der Waals surface area contributed by atoms with Crippen LogP contribution in [0.2, 0.25) is 10.0 Å². The first-order valence-corrected chi connectivity index (χ1v) is 8.90. The van der Waals surface area contributed by atoms with Gasteiger partial charge in [-0.05, 0) is 36.2 Å². The molecule has 3 rings (SSSR count). The highest BCUT2D eigenvalue weighted by molar-refractivity contribution is 6.39. The number of methoxy groups -OCH3 is 1. The van der Waals surface area contributed by atoms with Gasteiger partial charge in [0.2, 0.25) is 11.8 Å². The second-order valence-electron chi connectivity index (χ2n) is 6.10. The topological polar surface area (TPSA) is 67.4 Å². The fourth-order valence-electron chi connectivity index (χ4n) is 2.67. The Hall–Kier alpha value is -2.24. The van der Waals surface area contributed by atoms with Gasteiger partial charge >= 0.3 is 0 Å². The number of hydrogen-bond acceptors (Lipinski definition) is 3. The monoisotopic (exact) mass is 392 g/mol. The molecule has 0 aromatic heterocycles. The van der Waals surface area contributed by atoms with Crippen LogP contribution >= 0.6 is 23.2 Å². The van der Waals surface area contributed by atoms with Crippen LogP contribution in [0.15, 0.2) is 42.5 Å². The van der Waals surface area contributed by atoms with Crippen LogP contribution in [0, 0.1) is 11.8 Å². The van der Waals surface area contributed by atoms with E-state index >= 15 is 0 Å². The van der Waals surface area contributed by atoms with Crippen molar-refractivity contribution in [3.8, 4) is 5.75 Å². The molecular formula is C19H18Cl2N2O3. The van der Waals surface area contributed by atoms with Crippen LogP contribution in [0.3, 0.4) is 0 Å². The van der Waals surface area contributed by atoms with Crippen LogP contribution in [-0.2, 0) is 16.1 Å². The summed E-state index contributed by atoms with van der Waals surface area (Å²) in [5, 5.41) is 6.31. The number of nitrogens with one attached hydrogen (secondary N) is 2. The SMILES string of the molecule is COc1ccc(CNC(=O)C2CC2C(=O)Nc2c(Cl)cccc2Cl)cc1. The molecule has 2 aromatic rings. The number of rotatable bonds is 6. The minimum absolute atomic E-state index is 0.133. The van der Waals surface area contributed by atoms with Crippen molar-refractivity contribution in [3.63, 3.8) is 0 Å². The van der Waals surface area contributed by atoms with E-state index in [1.54, 1.807) is 25.3 Å². The molecule has 5 nitrogen and oxygen atoms in total. The highest BCUT2D eigenvalue weighted by atomic mass is 35.5. The summed E-state index contributed by atoms with van der Waals surface area (Å²) in [6.45, 7) is 0.407. The number of carbonyl (C=O) groups is 2. The Morgan fingerprint density at radius 1 is 1.04 bits per heavy atom. The third-order valence-corrected chi connectivity index (χ3v) is 4.93. The lowest BCUT2D eigenvalue weighted by Crippen LogP contribution is -2.27. The molecule has 0 spiro atoms. The van der Waals surface area contributed by atoms with Crippen molar-refractivity contribution in [1.29, 1.82) is 0 Å². The zero-order chi connectivity index (χ0) is 18.7. The van der Waals surface area contributed by atoms with Crippen LogP contribution in [0.4, 0.5) is 5.69 Å². The Morgan fingerprint density at radius 2 is 1.65 bits per heavy atom. The molecule has 0 aliphatic heterocycles. The molecule has 0 heterocycles. The standard InChI is InChI=1S/C19H18Cl2N2O3/c1-26-12-7-5-11(6-8-12)10-22-18(24)13-9-14(13)19(25)23-17-15(20)3-2-4-16(17)21/h2-8,13-14H,9-10H2,1H3,(H,22,24)(H,23,25). The minimum Gasteiger partial charge on any atom is -0.497 e. The second kappa shape index (κ2) is 7.98. The van der Waals surface area contributed by atoms with E-state index in [2.05, 4.69) is 10.6 Å². The molecule has 136 valence electrons. The fourth-order valence-corrected chi connectivity index (χ4v) is 3.16. The lowest BCUT2D eigenvalue weighted by Gasteiger charge is -2.09. The van der Waals surface area contributed by atoms with Gasteiger partial charge in [-0.25, -0.2) is 0 Å². The van der Waals surface area contributed by atoms with E-state index in [9.17, 15) is 9.59 Å². The first kappa shape index (κ1) is 18.5.